The molecule has 0 spiro atoms. The molecule has 2 aliphatic carbocycles. The smallest absolute Gasteiger partial charge is 0.255 e. The lowest BCUT2D eigenvalue weighted by molar-refractivity contribution is 0.102. The zero-order chi connectivity index (χ0) is 19.7. The van der Waals surface area contributed by atoms with Crippen LogP contribution < -0.4 is 5.32 Å². The highest BCUT2D eigenvalue weighted by atomic mass is 79.9. The van der Waals surface area contributed by atoms with Gasteiger partial charge in [0.2, 0.25) is 0 Å². The fourth-order valence-corrected chi connectivity index (χ4v) is 5.27. The van der Waals surface area contributed by atoms with Crippen LogP contribution in [0.2, 0.25) is 0 Å². The minimum absolute atomic E-state index is 0.0999. The normalized spacial score (nSPS) is 24.4. The summed E-state index contributed by atoms with van der Waals surface area (Å²) in [4.78, 5) is 22.5. The lowest BCUT2D eigenvalue weighted by Gasteiger charge is -2.34. The van der Waals surface area contributed by atoms with Gasteiger partial charge in [0.25, 0.3) is 5.91 Å². The van der Waals surface area contributed by atoms with Crippen molar-refractivity contribution < 1.29 is 4.79 Å². The Hall–Kier alpha value is -2.27. The molecule has 2 aliphatic rings. The molecule has 1 aromatic heterocycles. The third-order valence-corrected chi connectivity index (χ3v) is 7.66. The van der Waals surface area contributed by atoms with Gasteiger partial charge in [-0.1, -0.05) is 36.7 Å². The molecular weight excluding hydrogens is 414 g/mol. The summed E-state index contributed by atoms with van der Waals surface area (Å²) in [5.74, 6) is 0.332. The van der Waals surface area contributed by atoms with Gasteiger partial charge < -0.3 is 5.32 Å². The molecule has 28 heavy (non-hydrogen) atoms. The molecule has 0 saturated heterocycles. The van der Waals surface area contributed by atoms with Crippen LogP contribution in [-0.2, 0) is 5.41 Å². The van der Waals surface area contributed by atoms with Crippen LogP contribution in [0.4, 0.5) is 5.69 Å². The summed E-state index contributed by atoms with van der Waals surface area (Å²) >= 11 is 3.39. The molecule has 2 aromatic carbocycles. The van der Waals surface area contributed by atoms with Crippen molar-refractivity contribution >= 4 is 38.6 Å². The molecule has 2 unspecified atom stereocenters. The van der Waals surface area contributed by atoms with E-state index in [1.807, 2.05) is 30.3 Å². The number of fused-ring (bicyclic) bond motifs is 6. The molecule has 1 amide bonds. The predicted molar refractivity (Wildman–Crippen MR) is 115 cm³/mol. The maximum atomic E-state index is 12.5. The summed E-state index contributed by atoms with van der Waals surface area (Å²) in [6.07, 6.45) is 2.36. The van der Waals surface area contributed by atoms with Gasteiger partial charge in [-0.15, -0.1) is 0 Å². The first-order chi connectivity index (χ1) is 13.3. The second-order valence-electron chi connectivity index (χ2n) is 8.77. The highest BCUT2D eigenvalue weighted by Crippen LogP contribution is 2.66. The fraction of sp³-hybridized carbons (Fsp3) is 0.348. The first-order valence-corrected chi connectivity index (χ1v) is 10.5. The number of benzene rings is 2. The lowest BCUT2D eigenvalue weighted by Crippen LogP contribution is -2.31. The van der Waals surface area contributed by atoms with Crippen LogP contribution in [0.25, 0.3) is 11.0 Å². The third kappa shape index (κ3) is 2.38. The van der Waals surface area contributed by atoms with E-state index < -0.39 is 0 Å². The van der Waals surface area contributed by atoms with Crippen molar-refractivity contribution in [2.75, 3.05) is 5.32 Å². The minimum atomic E-state index is -0.131. The van der Waals surface area contributed by atoms with Gasteiger partial charge in [-0.05, 0) is 60.7 Å². The maximum absolute atomic E-state index is 12.5. The van der Waals surface area contributed by atoms with Crippen molar-refractivity contribution in [3.8, 4) is 0 Å². The van der Waals surface area contributed by atoms with Crippen LogP contribution in [0.1, 0.15) is 61.3 Å². The van der Waals surface area contributed by atoms with Crippen molar-refractivity contribution in [2.45, 2.75) is 44.9 Å². The van der Waals surface area contributed by atoms with Gasteiger partial charge in [0, 0.05) is 27.1 Å². The molecule has 0 radical (unpaired) electrons. The van der Waals surface area contributed by atoms with Gasteiger partial charge in [0.15, 0.2) is 0 Å². The zero-order valence-electron chi connectivity index (χ0n) is 16.2. The summed E-state index contributed by atoms with van der Waals surface area (Å²) in [6.45, 7) is 7.04. The quantitative estimate of drug-likeness (QED) is 0.551. The zero-order valence-corrected chi connectivity index (χ0v) is 17.8. The number of carbonyl (C=O) groups is 1. The molecule has 4 nitrogen and oxygen atoms in total. The maximum Gasteiger partial charge on any atom is 0.255 e. The van der Waals surface area contributed by atoms with Crippen LogP contribution in [0.5, 0.6) is 0 Å². The first-order valence-electron chi connectivity index (χ1n) is 9.69. The number of nitrogens with zero attached hydrogens (tertiary/aromatic N) is 2. The Bertz CT molecular complexity index is 1120. The molecule has 2 atom stereocenters. The number of aromatic nitrogens is 2. The van der Waals surface area contributed by atoms with E-state index in [4.69, 9.17) is 9.97 Å². The first kappa shape index (κ1) is 17.8. The van der Waals surface area contributed by atoms with Gasteiger partial charge >= 0.3 is 0 Å². The minimum Gasteiger partial charge on any atom is -0.322 e. The Balaban J connectivity index is 1.51. The van der Waals surface area contributed by atoms with Gasteiger partial charge in [0.05, 0.1) is 22.4 Å². The summed E-state index contributed by atoms with van der Waals surface area (Å²) in [5.41, 5.74) is 5.71. The Morgan fingerprint density at radius 3 is 2.57 bits per heavy atom. The van der Waals surface area contributed by atoms with Crippen LogP contribution in [-0.4, -0.2) is 15.9 Å². The van der Waals surface area contributed by atoms with Crippen LogP contribution in [0, 0.1) is 5.41 Å². The van der Waals surface area contributed by atoms with Crippen LogP contribution in [0.3, 0.4) is 0 Å². The van der Waals surface area contributed by atoms with E-state index >= 15 is 0 Å². The fourth-order valence-electron chi connectivity index (χ4n) is 5.00. The van der Waals surface area contributed by atoms with Gasteiger partial charge in [-0.3, -0.25) is 4.79 Å². The Labute approximate surface area is 172 Å². The van der Waals surface area contributed by atoms with E-state index in [-0.39, 0.29) is 16.7 Å². The number of hydrogen-bond donors (Lipinski definition) is 1. The van der Waals surface area contributed by atoms with E-state index in [1.54, 1.807) is 12.1 Å². The monoisotopic (exact) mass is 435 g/mol. The van der Waals surface area contributed by atoms with E-state index in [9.17, 15) is 4.79 Å². The SMILES string of the molecule is CC12CCC(c3nc4cc(NC(=O)c5ccc(Br)cc5)ccc4nc31)C2(C)C. The van der Waals surface area contributed by atoms with Crippen LogP contribution in [0.15, 0.2) is 46.9 Å². The summed E-state index contributed by atoms with van der Waals surface area (Å²) in [6, 6.07) is 13.1. The van der Waals surface area contributed by atoms with E-state index in [1.165, 1.54) is 18.5 Å². The molecule has 5 heteroatoms. The molecule has 0 aliphatic heterocycles. The van der Waals surface area contributed by atoms with Crippen molar-refractivity contribution in [3.05, 3.63) is 63.9 Å². The molecule has 142 valence electrons. The molecular formula is C23H22BrN3O. The number of rotatable bonds is 2. The Morgan fingerprint density at radius 2 is 1.82 bits per heavy atom. The van der Waals surface area contributed by atoms with Gasteiger partial charge in [0.1, 0.15) is 0 Å². The second-order valence-corrected chi connectivity index (χ2v) is 9.68. The molecule has 1 N–H and O–H groups in total. The van der Waals surface area contributed by atoms with Crippen molar-refractivity contribution in [1.82, 2.24) is 9.97 Å². The molecule has 2 bridgehead atoms. The van der Waals surface area contributed by atoms with E-state index in [0.717, 1.165) is 26.9 Å². The number of hydrogen-bond acceptors (Lipinski definition) is 3. The number of amides is 1. The van der Waals surface area contributed by atoms with Crippen molar-refractivity contribution in [2.24, 2.45) is 5.41 Å². The van der Waals surface area contributed by atoms with Gasteiger partial charge in [-0.2, -0.15) is 0 Å². The third-order valence-electron chi connectivity index (χ3n) is 7.13. The number of anilines is 1. The van der Waals surface area contributed by atoms with Crippen molar-refractivity contribution in [3.63, 3.8) is 0 Å². The summed E-state index contributed by atoms with van der Waals surface area (Å²) in [5, 5.41) is 2.97. The summed E-state index contributed by atoms with van der Waals surface area (Å²) < 4.78 is 0.949. The largest absolute Gasteiger partial charge is 0.322 e. The average molecular weight is 436 g/mol. The lowest BCUT2D eigenvalue weighted by atomic mass is 9.70. The predicted octanol–water partition coefficient (Wildman–Crippen LogP) is 5.82. The Kier molecular flexibility index (Phi) is 3.73. The Morgan fingerprint density at radius 1 is 1.07 bits per heavy atom. The topological polar surface area (TPSA) is 54.9 Å². The summed E-state index contributed by atoms with van der Waals surface area (Å²) in [7, 11) is 0. The second kappa shape index (κ2) is 5.86. The molecule has 3 aromatic rings. The molecule has 1 saturated carbocycles. The average Bonchev–Trinajstić information content (AvgIpc) is 2.99. The number of nitrogens with one attached hydrogen (secondary N) is 1. The van der Waals surface area contributed by atoms with E-state index in [2.05, 4.69) is 42.0 Å². The molecule has 1 heterocycles. The highest BCUT2D eigenvalue weighted by molar-refractivity contribution is 9.10. The molecule has 1 fully saturated rings. The standard InChI is InChI=1S/C23H22BrN3O/c1-22(2)16-10-11-23(22,3)20-19(16)26-18-12-15(8-9-17(18)27-20)25-21(28)13-4-6-14(24)7-5-13/h4-9,12,16H,10-11H2,1-3H3,(H,25,28). The number of halogens is 1. The van der Waals surface area contributed by atoms with E-state index in [0.29, 0.717) is 11.5 Å². The highest BCUT2D eigenvalue weighted by Gasteiger charge is 2.61. The van der Waals surface area contributed by atoms with Gasteiger partial charge in [-0.25, -0.2) is 9.97 Å². The van der Waals surface area contributed by atoms with Crippen molar-refractivity contribution in [1.29, 1.82) is 0 Å². The van der Waals surface area contributed by atoms with Crippen LogP contribution >= 0.6 is 15.9 Å². The molecule has 5 rings (SSSR count). The number of carbonyl (C=O) groups excluding carboxylic acids is 1.